The number of aliphatic carboxylic acids is 1. The van der Waals surface area contributed by atoms with Gasteiger partial charge >= 0.3 is 17.9 Å². The molecule has 0 aromatic carbocycles. The summed E-state index contributed by atoms with van der Waals surface area (Å²) in [6, 6.07) is 0. The number of carbonyl (C=O) groups is 4. The second-order valence-electron chi connectivity index (χ2n) is 13.5. The zero-order valence-corrected chi connectivity index (χ0v) is 25.4. The zero-order chi connectivity index (χ0) is 31.3. The van der Waals surface area contributed by atoms with Crippen molar-refractivity contribution in [1.82, 2.24) is 0 Å². The fourth-order valence-electron chi connectivity index (χ4n) is 8.51. The van der Waals surface area contributed by atoms with Gasteiger partial charge < -0.3 is 29.9 Å². The molecule has 0 aromatic rings. The van der Waals surface area contributed by atoms with Gasteiger partial charge in [-0.15, -0.1) is 0 Å². The molecule has 0 amide bonds. The van der Waals surface area contributed by atoms with E-state index >= 15 is 0 Å². The normalized spacial score (nSPS) is 37.8. The molecule has 0 bridgehead atoms. The Morgan fingerprint density at radius 1 is 1.00 bits per heavy atom. The van der Waals surface area contributed by atoms with Crippen molar-refractivity contribution >= 4 is 23.7 Å². The predicted octanol–water partition coefficient (Wildman–Crippen LogP) is 3.26. The highest BCUT2D eigenvalue weighted by molar-refractivity contribution is 6.04. The number of carbonyl (C=O) groups excluding carboxylic acids is 3. The van der Waals surface area contributed by atoms with Gasteiger partial charge in [0.15, 0.2) is 11.4 Å². The van der Waals surface area contributed by atoms with Crippen LogP contribution in [0.15, 0.2) is 23.3 Å². The predicted molar refractivity (Wildman–Crippen MR) is 151 cm³/mol. The van der Waals surface area contributed by atoms with Crippen molar-refractivity contribution in [2.75, 3.05) is 6.61 Å². The molecule has 0 aliphatic heterocycles. The van der Waals surface area contributed by atoms with Crippen LogP contribution in [0.25, 0.3) is 0 Å². The van der Waals surface area contributed by atoms with Gasteiger partial charge in [0.1, 0.15) is 11.7 Å². The van der Waals surface area contributed by atoms with Crippen molar-refractivity contribution in [3.63, 3.8) is 0 Å². The van der Waals surface area contributed by atoms with E-state index in [-0.39, 0.29) is 19.3 Å². The smallest absolute Gasteiger partial charge is 0.306 e. The molecular formula is C32H46O10. The van der Waals surface area contributed by atoms with Crippen LogP contribution in [0, 0.1) is 29.1 Å². The van der Waals surface area contributed by atoms with E-state index in [1.165, 1.54) is 6.92 Å². The van der Waals surface area contributed by atoms with Crippen LogP contribution < -0.4 is 0 Å². The van der Waals surface area contributed by atoms with Crippen LogP contribution in [0.1, 0.15) is 92.4 Å². The van der Waals surface area contributed by atoms with Crippen molar-refractivity contribution in [1.29, 1.82) is 0 Å². The summed E-state index contributed by atoms with van der Waals surface area (Å²) in [5.74, 6) is -5.42. The van der Waals surface area contributed by atoms with Gasteiger partial charge in [-0.05, 0) is 30.9 Å². The number of Topliss-reactive ketones (excluding diaryl/α,β-unsaturated/α-hetero) is 1. The molecule has 0 heterocycles. The summed E-state index contributed by atoms with van der Waals surface area (Å²) in [5.41, 5.74) is -4.94. The van der Waals surface area contributed by atoms with Crippen LogP contribution in [-0.2, 0) is 28.7 Å². The van der Waals surface area contributed by atoms with Crippen molar-refractivity contribution in [2.24, 2.45) is 29.1 Å². The van der Waals surface area contributed by atoms with Crippen molar-refractivity contribution in [3.8, 4) is 0 Å². The first-order valence-corrected chi connectivity index (χ1v) is 15.2. The average Bonchev–Trinajstić information content (AvgIpc) is 3.32. The summed E-state index contributed by atoms with van der Waals surface area (Å²) < 4.78 is 12.1. The molecule has 42 heavy (non-hydrogen) atoms. The Bertz CT molecular complexity index is 1190. The summed E-state index contributed by atoms with van der Waals surface area (Å²) in [7, 11) is 0. The Hall–Kier alpha value is -2.56. The Labute approximate surface area is 247 Å². The molecule has 0 aromatic heterocycles. The Kier molecular flexibility index (Phi) is 8.86. The second kappa shape index (κ2) is 11.5. The van der Waals surface area contributed by atoms with Crippen LogP contribution in [0.3, 0.4) is 0 Å². The Morgan fingerprint density at radius 2 is 1.60 bits per heavy atom. The van der Waals surface area contributed by atoms with Gasteiger partial charge in [-0.25, -0.2) is 0 Å². The minimum Gasteiger partial charge on any atom is -0.481 e. The number of fused-ring (bicyclic) bond motifs is 5. The first-order valence-electron chi connectivity index (χ1n) is 15.2. The Balaban J connectivity index is 1.60. The van der Waals surface area contributed by atoms with Crippen molar-refractivity contribution in [2.45, 2.75) is 115 Å². The first kappa shape index (κ1) is 32.4. The number of carboxylic acids is 1. The van der Waals surface area contributed by atoms with Crippen LogP contribution in [0.4, 0.5) is 0 Å². The third-order valence-electron chi connectivity index (χ3n) is 10.6. The summed E-state index contributed by atoms with van der Waals surface area (Å²) >= 11 is 0. The Morgan fingerprint density at radius 3 is 2.17 bits per heavy atom. The van der Waals surface area contributed by atoms with Gasteiger partial charge in [0.25, 0.3) is 0 Å². The molecule has 4 N–H and O–H groups in total. The summed E-state index contributed by atoms with van der Waals surface area (Å²) in [6.07, 6.45) is 6.95. The molecule has 2 fully saturated rings. The van der Waals surface area contributed by atoms with E-state index in [1.807, 2.05) is 13.8 Å². The third-order valence-corrected chi connectivity index (χ3v) is 10.6. The molecule has 0 saturated heterocycles. The number of hydrogen-bond donors (Lipinski definition) is 4. The fourth-order valence-corrected chi connectivity index (χ4v) is 8.51. The highest BCUT2D eigenvalue weighted by Gasteiger charge is 2.87. The standard InChI is InChI=1S/C32H46O10/c1-18-14-23-30(39,27(18)38)16-21(17-33)15-22-26-29(4,5)32(26,42-20(3)34)28(19(2)31(22,23)40)41-25(37)13-11-9-7-6-8-10-12-24(35)36/h14-15,19,22-23,26,28,33,39-40H,6-13,16-17H2,1-5H3,(H,35,36)/t19-,22+,23-,26-,28-,30-,31-,32-/m1/s1. The van der Waals surface area contributed by atoms with Crippen molar-refractivity contribution < 1.29 is 49.1 Å². The van der Waals surface area contributed by atoms with Gasteiger partial charge in [-0.3, -0.25) is 19.2 Å². The molecule has 2 saturated carbocycles. The van der Waals surface area contributed by atoms with E-state index in [9.17, 15) is 34.5 Å². The highest BCUT2D eigenvalue weighted by Crippen LogP contribution is 2.77. The van der Waals surface area contributed by atoms with Crippen LogP contribution in [-0.4, -0.2) is 73.6 Å². The average molecular weight is 591 g/mol. The number of aliphatic hydroxyl groups is 3. The van der Waals surface area contributed by atoms with Crippen LogP contribution in [0.5, 0.6) is 0 Å². The van der Waals surface area contributed by atoms with Crippen molar-refractivity contribution in [3.05, 3.63) is 23.3 Å². The molecule has 10 heteroatoms. The minimum absolute atomic E-state index is 0.126. The number of unbranched alkanes of at least 4 members (excludes halogenated alkanes) is 5. The van der Waals surface area contributed by atoms with E-state index in [0.717, 1.165) is 25.7 Å². The lowest BCUT2D eigenvalue weighted by Gasteiger charge is -2.53. The summed E-state index contributed by atoms with van der Waals surface area (Å²) in [4.78, 5) is 49.6. The molecule has 4 aliphatic rings. The quantitative estimate of drug-likeness (QED) is 0.150. The number of ether oxygens (including phenoxy) is 2. The molecule has 0 unspecified atom stereocenters. The number of rotatable bonds is 12. The van der Waals surface area contributed by atoms with Crippen LogP contribution >= 0.6 is 0 Å². The lowest BCUT2D eigenvalue weighted by molar-refractivity contribution is -0.228. The van der Waals surface area contributed by atoms with E-state index in [2.05, 4.69) is 0 Å². The molecule has 4 rings (SSSR count). The lowest BCUT2D eigenvalue weighted by atomic mass is 9.59. The van der Waals surface area contributed by atoms with Gasteiger partial charge in [-0.1, -0.05) is 58.6 Å². The maximum Gasteiger partial charge on any atom is 0.306 e. The molecule has 234 valence electrons. The van der Waals surface area contributed by atoms with Gasteiger partial charge in [-0.2, -0.15) is 0 Å². The summed E-state index contributed by atoms with van der Waals surface area (Å²) in [5, 5.41) is 43.4. The number of aliphatic hydroxyl groups excluding tert-OH is 1. The van der Waals surface area contributed by atoms with Gasteiger partial charge in [0.05, 0.1) is 12.2 Å². The van der Waals surface area contributed by atoms with E-state index < -0.39 is 82.3 Å². The molecular weight excluding hydrogens is 544 g/mol. The molecule has 0 radical (unpaired) electrons. The third kappa shape index (κ3) is 5.03. The highest BCUT2D eigenvalue weighted by atomic mass is 16.6. The summed E-state index contributed by atoms with van der Waals surface area (Å²) in [6.45, 7) is 7.99. The first-order chi connectivity index (χ1) is 19.6. The number of carboxylic acid groups (broad SMARTS) is 1. The number of esters is 2. The van der Waals surface area contributed by atoms with Crippen LogP contribution in [0.2, 0.25) is 0 Å². The SMILES string of the molecule is CC(=O)O[C@@]12[C@H](OC(=O)CCCCCCCCC(=O)O)[C@@H](C)[C@@]3(O)[C@@H](C=C(CO)C[C@]4(O)C(=O)C(C)=C[C@@H]34)[C@@H]1C2(C)C. The van der Waals surface area contributed by atoms with Gasteiger partial charge in [0.2, 0.25) is 0 Å². The maximum absolute atomic E-state index is 13.2. The van der Waals surface area contributed by atoms with Gasteiger partial charge in [0, 0.05) is 55.3 Å². The molecule has 4 aliphatic carbocycles. The zero-order valence-electron chi connectivity index (χ0n) is 25.4. The van der Waals surface area contributed by atoms with E-state index in [0.29, 0.717) is 24.0 Å². The largest absolute Gasteiger partial charge is 0.481 e. The fraction of sp³-hybridized carbons (Fsp3) is 0.750. The topological polar surface area (TPSA) is 168 Å². The number of hydrogen-bond acceptors (Lipinski definition) is 9. The van der Waals surface area contributed by atoms with E-state index in [1.54, 1.807) is 26.0 Å². The second-order valence-corrected chi connectivity index (χ2v) is 13.5. The number of ketones is 1. The minimum atomic E-state index is -1.96. The molecule has 0 spiro atoms. The molecule has 10 nitrogen and oxygen atoms in total. The lowest BCUT2D eigenvalue weighted by Crippen LogP contribution is -2.66. The maximum atomic E-state index is 13.2. The van der Waals surface area contributed by atoms with E-state index in [4.69, 9.17) is 14.6 Å². The monoisotopic (exact) mass is 590 g/mol. The molecule has 8 atom stereocenters.